The highest BCUT2D eigenvalue weighted by molar-refractivity contribution is 5.61. The maximum Gasteiger partial charge on any atom is 0.0710 e. The number of nitrogens with zero attached hydrogens (tertiary/aromatic N) is 2. The lowest BCUT2D eigenvalue weighted by Gasteiger charge is -2.28. The molecule has 3 rings (SSSR count). The van der Waals surface area contributed by atoms with Crippen molar-refractivity contribution in [2.24, 2.45) is 5.92 Å². The van der Waals surface area contributed by atoms with E-state index in [4.69, 9.17) is 0 Å². The number of hydrogen-bond acceptors (Lipinski definition) is 3. The van der Waals surface area contributed by atoms with Crippen molar-refractivity contribution >= 4 is 0 Å². The summed E-state index contributed by atoms with van der Waals surface area (Å²) in [6.45, 7) is 3.18. The molecule has 2 heterocycles. The normalized spacial score (nSPS) is 17.8. The van der Waals surface area contributed by atoms with Gasteiger partial charge in [0, 0.05) is 36.1 Å². The Hall–Kier alpha value is -1.68. The molecule has 1 saturated carbocycles. The molecule has 112 valence electrons. The fraction of sp³-hybridized carbons (Fsp3) is 0.529. The third kappa shape index (κ3) is 3.50. The molecule has 4 heteroatoms. The Morgan fingerprint density at radius 2 is 2.14 bits per heavy atom. The van der Waals surface area contributed by atoms with E-state index in [1.807, 2.05) is 18.5 Å². The summed E-state index contributed by atoms with van der Waals surface area (Å²) in [4.78, 5) is 4.18. The van der Waals surface area contributed by atoms with Crippen LogP contribution in [-0.4, -0.2) is 21.2 Å². The van der Waals surface area contributed by atoms with E-state index in [0.29, 0.717) is 6.04 Å². The van der Waals surface area contributed by atoms with Gasteiger partial charge in [0.15, 0.2) is 0 Å². The van der Waals surface area contributed by atoms with Crippen molar-refractivity contribution in [3.8, 4) is 11.3 Å². The van der Waals surface area contributed by atoms with Crippen molar-refractivity contribution < 1.29 is 0 Å². The molecule has 21 heavy (non-hydrogen) atoms. The molecule has 4 nitrogen and oxygen atoms in total. The van der Waals surface area contributed by atoms with Gasteiger partial charge in [-0.1, -0.05) is 19.3 Å². The van der Waals surface area contributed by atoms with Crippen LogP contribution in [0.15, 0.2) is 30.7 Å². The molecule has 0 bridgehead atoms. The van der Waals surface area contributed by atoms with Crippen molar-refractivity contribution in [1.82, 2.24) is 20.5 Å². The Morgan fingerprint density at radius 3 is 2.90 bits per heavy atom. The quantitative estimate of drug-likeness (QED) is 0.883. The summed E-state index contributed by atoms with van der Waals surface area (Å²) in [5.74, 6) is 0.826. The smallest absolute Gasteiger partial charge is 0.0710 e. The summed E-state index contributed by atoms with van der Waals surface area (Å²) in [7, 11) is 0. The van der Waals surface area contributed by atoms with Crippen LogP contribution in [-0.2, 0) is 6.54 Å². The molecular weight excluding hydrogens is 260 g/mol. The van der Waals surface area contributed by atoms with Crippen LogP contribution >= 0.6 is 0 Å². The van der Waals surface area contributed by atoms with Gasteiger partial charge in [0.2, 0.25) is 0 Å². The van der Waals surface area contributed by atoms with Gasteiger partial charge < -0.3 is 5.32 Å². The van der Waals surface area contributed by atoms with Crippen molar-refractivity contribution in [3.63, 3.8) is 0 Å². The van der Waals surface area contributed by atoms with Crippen LogP contribution in [0.4, 0.5) is 0 Å². The second kappa shape index (κ2) is 6.85. The SMILES string of the molecule is CC(NCc1cn[nH]c1-c1cccnc1)C1CCCCC1. The van der Waals surface area contributed by atoms with E-state index in [9.17, 15) is 0 Å². The van der Waals surface area contributed by atoms with Crippen molar-refractivity contribution in [1.29, 1.82) is 0 Å². The zero-order valence-corrected chi connectivity index (χ0v) is 12.7. The molecule has 0 amide bonds. The molecule has 1 atom stereocenters. The number of nitrogens with one attached hydrogen (secondary N) is 2. The summed E-state index contributed by atoms with van der Waals surface area (Å²) < 4.78 is 0. The molecule has 1 fully saturated rings. The first-order valence-electron chi connectivity index (χ1n) is 8.00. The van der Waals surface area contributed by atoms with E-state index in [2.05, 4.69) is 33.5 Å². The molecule has 1 unspecified atom stereocenters. The number of aromatic nitrogens is 3. The Bertz CT molecular complexity index is 543. The highest BCUT2D eigenvalue weighted by Gasteiger charge is 2.20. The van der Waals surface area contributed by atoms with Gasteiger partial charge in [-0.05, 0) is 37.8 Å². The van der Waals surface area contributed by atoms with Gasteiger partial charge in [0.05, 0.1) is 11.9 Å². The van der Waals surface area contributed by atoms with Gasteiger partial charge in [0.25, 0.3) is 0 Å². The molecule has 0 radical (unpaired) electrons. The summed E-state index contributed by atoms with van der Waals surface area (Å²) in [5, 5.41) is 11.0. The highest BCUT2D eigenvalue weighted by Crippen LogP contribution is 2.27. The molecule has 1 aliphatic rings. The molecule has 0 aromatic carbocycles. The fourth-order valence-electron chi connectivity index (χ4n) is 3.28. The van der Waals surface area contributed by atoms with Crippen LogP contribution in [0.25, 0.3) is 11.3 Å². The Morgan fingerprint density at radius 1 is 1.29 bits per heavy atom. The standard InChI is InChI=1S/C17H24N4/c1-13(14-6-3-2-4-7-14)19-11-16-12-20-21-17(16)15-8-5-9-18-10-15/h5,8-10,12-14,19H,2-4,6-7,11H2,1H3,(H,20,21). The first-order valence-corrected chi connectivity index (χ1v) is 8.00. The predicted octanol–water partition coefficient (Wildman–Crippen LogP) is 3.53. The van der Waals surface area contributed by atoms with Crippen LogP contribution < -0.4 is 5.32 Å². The van der Waals surface area contributed by atoms with Gasteiger partial charge in [-0.2, -0.15) is 5.10 Å². The summed E-state index contributed by atoms with van der Waals surface area (Å²) in [5.41, 5.74) is 3.38. The van der Waals surface area contributed by atoms with E-state index >= 15 is 0 Å². The molecule has 2 aromatic heterocycles. The minimum atomic E-state index is 0.571. The predicted molar refractivity (Wildman–Crippen MR) is 84.7 cm³/mol. The van der Waals surface area contributed by atoms with Crippen molar-refractivity contribution in [2.45, 2.75) is 51.6 Å². The van der Waals surface area contributed by atoms with Gasteiger partial charge in [0.1, 0.15) is 0 Å². The highest BCUT2D eigenvalue weighted by atomic mass is 15.1. The monoisotopic (exact) mass is 284 g/mol. The topological polar surface area (TPSA) is 53.6 Å². The van der Waals surface area contributed by atoms with Crippen LogP contribution in [0.2, 0.25) is 0 Å². The third-order valence-corrected chi connectivity index (χ3v) is 4.64. The number of pyridine rings is 1. The molecule has 0 spiro atoms. The van der Waals surface area contributed by atoms with Crippen LogP contribution in [0.1, 0.15) is 44.6 Å². The summed E-state index contributed by atoms with van der Waals surface area (Å²) >= 11 is 0. The zero-order chi connectivity index (χ0) is 14.5. The van der Waals surface area contributed by atoms with E-state index in [1.54, 1.807) is 6.20 Å². The molecule has 0 aliphatic heterocycles. The Kier molecular flexibility index (Phi) is 4.65. The molecular formula is C17H24N4. The Labute approximate surface area is 126 Å². The largest absolute Gasteiger partial charge is 0.310 e. The number of aromatic amines is 1. The molecule has 2 aromatic rings. The number of H-pyrrole nitrogens is 1. The van der Waals surface area contributed by atoms with E-state index < -0.39 is 0 Å². The average molecular weight is 284 g/mol. The lowest BCUT2D eigenvalue weighted by atomic mass is 9.84. The molecule has 1 aliphatic carbocycles. The first-order chi connectivity index (χ1) is 10.3. The average Bonchev–Trinajstić information content (AvgIpc) is 3.03. The minimum absolute atomic E-state index is 0.571. The summed E-state index contributed by atoms with van der Waals surface area (Å²) in [6, 6.07) is 4.59. The van der Waals surface area contributed by atoms with Gasteiger partial charge >= 0.3 is 0 Å². The van der Waals surface area contributed by atoms with Gasteiger partial charge in [-0.3, -0.25) is 10.1 Å². The van der Waals surface area contributed by atoms with E-state index in [1.165, 1.54) is 37.7 Å². The third-order valence-electron chi connectivity index (χ3n) is 4.64. The maximum absolute atomic E-state index is 4.20. The number of rotatable bonds is 5. The maximum atomic E-state index is 4.20. The van der Waals surface area contributed by atoms with Crippen LogP contribution in [0.5, 0.6) is 0 Å². The van der Waals surface area contributed by atoms with E-state index in [0.717, 1.165) is 23.7 Å². The Balaban J connectivity index is 1.62. The zero-order valence-electron chi connectivity index (χ0n) is 12.7. The second-order valence-corrected chi connectivity index (χ2v) is 6.08. The minimum Gasteiger partial charge on any atom is -0.310 e. The van der Waals surface area contributed by atoms with Crippen molar-refractivity contribution in [3.05, 3.63) is 36.3 Å². The van der Waals surface area contributed by atoms with Crippen LogP contribution in [0.3, 0.4) is 0 Å². The van der Waals surface area contributed by atoms with Crippen LogP contribution in [0, 0.1) is 5.92 Å². The first kappa shape index (κ1) is 14.3. The second-order valence-electron chi connectivity index (χ2n) is 6.08. The van der Waals surface area contributed by atoms with Gasteiger partial charge in [-0.15, -0.1) is 0 Å². The number of hydrogen-bond donors (Lipinski definition) is 2. The van der Waals surface area contributed by atoms with Crippen molar-refractivity contribution in [2.75, 3.05) is 0 Å². The lowest BCUT2D eigenvalue weighted by molar-refractivity contribution is 0.280. The fourth-order valence-corrected chi connectivity index (χ4v) is 3.28. The molecule has 0 saturated heterocycles. The molecule has 2 N–H and O–H groups in total. The van der Waals surface area contributed by atoms with Gasteiger partial charge in [-0.25, -0.2) is 0 Å². The lowest BCUT2D eigenvalue weighted by Crippen LogP contribution is -2.34. The van der Waals surface area contributed by atoms with E-state index in [-0.39, 0.29) is 0 Å². The summed E-state index contributed by atoms with van der Waals surface area (Å²) in [6.07, 6.45) is 12.5.